The summed E-state index contributed by atoms with van der Waals surface area (Å²) in [6.07, 6.45) is 2.28. The van der Waals surface area contributed by atoms with Crippen LogP contribution in [0, 0.1) is 0 Å². The van der Waals surface area contributed by atoms with Crippen LogP contribution in [-0.4, -0.2) is 43.5 Å². The summed E-state index contributed by atoms with van der Waals surface area (Å²) in [6, 6.07) is 5.79. The first-order valence-corrected chi connectivity index (χ1v) is 7.17. The molecule has 1 aromatic rings. The van der Waals surface area contributed by atoms with E-state index in [0.29, 0.717) is 17.3 Å². The number of anilines is 2. The van der Waals surface area contributed by atoms with E-state index < -0.39 is 5.91 Å². The zero-order chi connectivity index (χ0) is 14.7. The normalized spacial score (nSPS) is 17.1. The maximum absolute atomic E-state index is 11.2. The maximum atomic E-state index is 11.2. The Morgan fingerprint density at radius 3 is 2.55 bits per heavy atom. The lowest BCUT2D eigenvalue weighted by molar-refractivity contribution is 0.100. The second kappa shape index (κ2) is 6.13. The predicted octanol–water partition coefficient (Wildman–Crippen LogP) is 1.29. The summed E-state index contributed by atoms with van der Waals surface area (Å²) < 4.78 is 0. The van der Waals surface area contributed by atoms with Crippen LogP contribution in [0.5, 0.6) is 0 Å². The molecule has 1 heterocycles. The lowest BCUT2D eigenvalue weighted by Gasteiger charge is -2.37. The molecule has 1 saturated heterocycles. The molecule has 2 rings (SSSR count). The van der Waals surface area contributed by atoms with Crippen molar-refractivity contribution in [1.29, 1.82) is 0 Å². The van der Waals surface area contributed by atoms with E-state index in [-0.39, 0.29) is 0 Å². The fraction of sp³-hybridized carbons (Fsp3) is 0.533. The van der Waals surface area contributed by atoms with Crippen LogP contribution in [0.3, 0.4) is 0 Å². The van der Waals surface area contributed by atoms with Gasteiger partial charge >= 0.3 is 0 Å². The van der Waals surface area contributed by atoms with Gasteiger partial charge < -0.3 is 21.3 Å². The van der Waals surface area contributed by atoms with E-state index in [1.807, 2.05) is 6.07 Å². The summed E-state index contributed by atoms with van der Waals surface area (Å²) >= 11 is 0. The molecule has 0 atom stereocenters. The largest absolute Gasteiger partial charge is 0.397 e. The Morgan fingerprint density at radius 1 is 1.40 bits per heavy atom. The number of carbonyl (C=O) groups excluding carboxylic acids is 1. The maximum Gasteiger partial charge on any atom is 0.248 e. The molecule has 4 N–H and O–H groups in total. The summed E-state index contributed by atoms with van der Waals surface area (Å²) in [7, 11) is 2.07. The third-order valence-electron chi connectivity index (χ3n) is 4.24. The first kappa shape index (κ1) is 14.7. The minimum Gasteiger partial charge on any atom is -0.397 e. The van der Waals surface area contributed by atoms with Crippen molar-refractivity contribution in [2.45, 2.75) is 25.8 Å². The van der Waals surface area contributed by atoms with Crippen molar-refractivity contribution in [1.82, 2.24) is 4.90 Å². The van der Waals surface area contributed by atoms with Crippen LogP contribution < -0.4 is 16.4 Å². The van der Waals surface area contributed by atoms with Crippen LogP contribution in [0.15, 0.2) is 18.2 Å². The number of nitrogen functional groups attached to an aromatic ring is 1. The van der Waals surface area contributed by atoms with Crippen molar-refractivity contribution >= 4 is 17.3 Å². The van der Waals surface area contributed by atoms with Gasteiger partial charge in [0.15, 0.2) is 0 Å². The number of rotatable bonds is 4. The topological polar surface area (TPSA) is 75.6 Å². The Bertz CT molecular complexity index is 481. The molecular weight excluding hydrogens is 252 g/mol. The van der Waals surface area contributed by atoms with E-state index in [2.05, 4.69) is 23.8 Å². The lowest BCUT2D eigenvalue weighted by Crippen LogP contribution is -2.43. The van der Waals surface area contributed by atoms with Gasteiger partial charge in [-0.25, -0.2) is 0 Å². The minimum atomic E-state index is -0.442. The fourth-order valence-corrected chi connectivity index (χ4v) is 2.85. The molecule has 0 aromatic heterocycles. The van der Waals surface area contributed by atoms with E-state index >= 15 is 0 Å². The monoisotopic (exact) mass is 276 g/mol. The Hall–Kier alpha value is -1.75. The van der Waals surface area contributed by atoms with Gasteiger partial charge in [0.1, 0.15) is 0 Å². The zero-order valence-electron chi connectivity index (χ0n) is 12.3. The van der Waals surface area contributed by atoms with E-state index in [4.69, 9.17) is 11.5 Å². The molecule has 1 aliphatic rings. The summed E-state index contributed by atoms with van der Waals surface area (Å²) in [5.41, 5.74) is 13.4. The van der Waals surface area contributed by atoms with Gasteiger partial charge in [-0.05, 0) is 37.6 Å². The van der Waals surface area contributed by atoms with E-state index in [1.54, 1.807) is 12.1 Å². The summed E-state index contributed by atoms with van der Waals surface area (Å²) in [4.78, 5) is 15.8. The molecule has 20 heavy (non-hydrogen) atoms. The minimum absolute atomic E-state index is 0.442. The Morgan fingerprint density at radius 2 is 2.05 bits per heavy atom. The number of amides is 1. The van der Waals surface area contributed by atoms with Gasteiger partial charge in [0.2, 0.25) is 5.91 Å². The number of hydrogen-bond acceptors (Lipinski definition) is 4. The van der Waals surface area contributed by atoms with Crippen molar-refractivity contribution in [3.63, 3.8) is 0 Å². The van der Waals surface area contributed by atoms with Crippen LogP contribution in [0.1, 0.15) is 30.1 Å². The van der Waals surface area contributed by atoms with Gasteiger partial charge in [-0.15, -0.1) is 0 Å². The van der Waals surface area contributed by atoms with Crippen LogP contribution in [0.2, 0.25) is 0 Å². The van der Waals surface area contributed by atoms with Gasteiger partial charge in [-0.3, -0.25) is 4.79 Å². The molecule has 0 radical (unpaired) electrons. The highest BCUT2D eigenvalue weighted by Crippen LogP contribution is 2.28. The van der Waals surface area contributed by atoms with E-state index in [0.717, 1.165) is 38.2 Å². The van der Waals surface area contributed by atoms with Gasteiger partial charge in [0.05, 0.1) is 11.4 Å². The van der Waals surface area contributed by atoms with Crippen molar-refractivity contribution in [3.05, 3.63) is 23.8 Å². The number of piperidine rings is 1. The third kappa shape index (κ3) is 3.04. The average Bonchev–Trinajstić information content (AvgIpc) is 2.46. The number of primary amides is 1. The van der Waals surface area contributed by atoms with Crippen LogP contribution in [-0.2, 0) is 0 Å². The van der Waals surface area contributed by atoms with Gasteiger partial charge in [-0.1, -0.05) is 6.92 Å². The predicted molar refractivity (Wildman–Crippen MR) is 82.9 cm³/mol. The summed E-state index contributed by atoms with van der Waals surface area (Å²) in [5.74, 6) is -0.442. The molecule has 110 valence electrons. The molecule has 0 saturated carbocycles. The zero-order valence-corrected chi connectivity index (χ0v) is 12.3. The first-order chi connectivity index (χ1) is 9.52. The second-order valence-corrected chi connectivity index (χ2v) is 5.41. The number of nitrogens with two attached hydrogens (primary N) is 2. The fourth-order valence-electron chi connectivity index (χ4n) is 2.85. The Kier molecular flexibility index (Phi) is 4.49. The molecule has 0 spiro atoms. The third-order valence-corrected chi connectivity index (χ3v) is 4.24. The molecular formula is C15H24N4O. The smallest absolute Gasteiger partial charge is 0.248 e. The Labute approximate surface area is 120 Å². The standard InChI is InChI=1S/C15H24N4O/c1-3-19-8-6-12(7-9-19)18(2)14-5-4-11(15(17)20)10-13(14)16/h4-5,10,12H,3,6-9,16H2,1-2H3,(H2,17,20). The van der Waals surface area contributed by atoms with Gasteiger partial charge in [0, 0.05) is 31.7 Å². The summed E-state index contributed by atoms with van der Waals surface area (Å²) in [5, 5.41) is 0. The highest BCUT2D eigenvalue weighted by molar-refractivity contribution is 5.94. The highest BCUT2D eigenvalue weighted by Gasteiger charge is 2.23. The molecule has 0 aliphatic carbocycles. The van der Waals surface area contributed by atoms with Crippen molar-refractivity contribution in [3.8, 4) is 0 Å². The van der Waals surface area contributed by atoms with E-state index in [1.165, 1.54) is 0 Å². The molecule has 0 bridgehead atoms. The van der Waals surface area contributed by atoms with Crippen LogP contribution >= 0.6 is 0 Å². The number of benzene rings is 1. The molecule has 0 unspecified atom stereocenters. The average molecular weight is 276 g/mol. The van der Waals surface area contributed by atoms with Gasteiger partial charge in [0.25, 0.3) is 0 Å². The van der Waals surface area contributed by atoms with Crippen molar-refractivity contribution in [2.24, 2.45) is 5.73 Å². The number of likely N-dealkylation sites (tertiary alicyclic amines) is 1. The van der Waals surface area contributed by atoms with E-state index in [9.17, 15) is 4.79 Å². The Balaban J connectivity index is 2.09. The molecule has 5 nitrogen and oxygen atoms in total. The highest BCUT2D eigenvalue weighted by atomic mass is 16.1. The number of hydrogen-bond donors (Lipinski definition) is 2. The SMILES string of the molecule is CCN1CCC(N(C)c2ccc(C(N)=O)cc2N)CC1. The number of nitrogens with zero attached hydrogens (tertiary/aromatic N) is 2. The van der Waals surface area contributed by atoms with Crippen molar-refractivity contribution in [2.75, 3.05) is 37.3 Å². The summed E-state index contributed by atoms with van der Waals surface area (Å²) in [6.45, 7) is 5.58. The lowest BCUT2D eigenvalue weighted by atomic mass is 10.0. The van der Waals surface area contributed by atoms with Crippen LogP contribution in [0.25, 0.3) is 0 Å². The molecule has 1 aromatic carbocycles. The quantitative estimate of drug-likeness (QED) is 0.813. The molecule has 1 amide bonds. The van der Waals surface area contributed by atoms with Gasteiger partial charge in [-0.2, -0.15) is 0 Å². The number of carbonyl (C=O) groups is 1. The molecule has 1 fully saturated rings. The first-order valence-electron chi connectivity index (χ1n) is 7.17. The van der Waals surface area contributed by atoms with Crippen LogP contribution in [0.4, 0.5) is 11.4 Å². The second-order valence-electron chi connectivity index (χ2n) is 5.41. The molecule has 1 aliphatic heterocycles. The molecule has 5 heteroatoms. The van der Waals surface area contributed by atoms with Crippen molar-refractivity contribution < 1.29 is 4.79 Å².